The average Bonchev–Trinajstić information content (AvgIpc) is 3.22. The zero-order valence-electron chi connectivity index (χ0n) is 18.9. The lowest BCUT2D eigenvalue weighted by molar-refractivity contribution is -0.118. The lowest BCUT2D eigenvalue weighted by atomic mass is 10.1. The summed E-state index contributed by atoms with van der Waals surface area (Å²) in [4.78, 5) is 45.6. The van der Waals surface area contributed by atoms with Crippen molar-refractivity contribution in [3.8, 4) is 5.75 Å². The first-order valence-corrected chi connectivity index (χ1v) is 11.2. The Kier molecular flexibility index (Phi) is 6.03. The second-order valence-electron chi connectivity index (χ2n) is 8.33. The van der Waals surface area contributed by atoms with E-state index in [0.717, 1.165) is 0 Å². The van der Waals surface area contributed by atoms with E-state index < -0.39 is 18.0 Å². The van der Waals surface area contributed by atoms with E-state index in [0.29, 0.717) is 54.1 Å². The molecule has 5 rings (SSSR count). The van der Waals surface area contributed by atoms with Gasteiger partial charge in [0.1, 0.15) is 17.7 Å². The summed E-state index contributed by atoms with van der Waals surface area (Å²) in [7, 11) is 1.60. The molecule has 2 aliphatic rings. The first-order valence-electron chi connectivity index (χ1n) is 11.2. The van der Waals surface area contributed by atoms with Crippen LogP contribution in [-0.4, -0.2) is 58.9 Å². The van der Waals surface area contributed by atoms with Crippen molar-refractivity contribution in [2.24, 2.45) is 7.05 Å². The van der Waals surface area contributed by atoms with Gasteiger partial charge in [-0.25, -0.2) is 14.2 Å². The second-order valence-corrected chi connectivity index (χ2v) is 8.33. The van der Waals surface area contributed by atoms with Gasteiger partial charge in [0.25, 0.3) is 11.5 Å². The summed E-state index contributed by atoms with van der Waals surface area (Å²) in [5.74, 6) is 0.306. The number of ether oxygens (including phenoxy) is 2. The number of cyclic esters (lactones) is 1. The molecule has 0 saturated carbocycles. The number of pyridine rings is 3. The normalized spacial score (nSPS) is 17.2. The van der Waals surface area contributed by atoms with Gasteiger partial charge in [0.15, 0.2) is 18.2 Å². The van der Waals surface area contributed by atoms with Crippen molar-refractivity contribution < 1.29 is 23.5 Å². The van der Waals surface area contributed by atoms with E-state index >= 15 is 0 Å². The fourth-order valence-corrected chi connectivity index (χ4v) is 4.21. The Morgan fingerprint density at radius 3 is 2.94 bits per heavy atom. The van der Waals surface area contributed by atoms with Crippen LogP contribution in [0.3, 0.4) is 0 Å². The molecule has 2 amide bonds. The Labute approximate surface area is 198 Å². The van der Waals surface area contributed by atoms with Crippen LogP contribution >= 0.6 is 0 Å². The van der Waals surface area contributed by atoms with E-state index in [4.69, 9.17) is 9.47 Å². The Hall–Kier alpha value is -4.06. The van der Waals surface area contributed by atoms with Crippen LogP contribution in [0.2, 0.25) is 0 Å². The molecule has 35 heavy (non-hydrogen) atoms. The van der Waals surface area contributed by atoms with Crippen molar-refractivity contribution in [1.29, 1.82) is 0 Å². The molecular formula is C23H23FN6O5. The summed E-state index contributed by atoms with van der Waals surface area (Å²) in [6, 6.07) is 6.29. The highest BCUT2D eigenvalue weighted by molar-refractivity contribution is 5.95. The van der Waals surface area contributed by atoms with E-state index in [2.05, 4.69) is 20.6 Å². The van der Waals surface area contributed by atoms with Crippen molar-refractivity contribution in [2.45, 2.75) is 18.9 Å². The van der Waals surface area contributed by atoms with Crippen LogP contribution in [0.4, 0.5) is 20.8 Å². The van der Waals surface area contributed by atoms with E-state index in [1.54, 1.807) is 25.2 Å². The van der Waals surface area contributed by atoms with Crippen LogP contribution in [0, 0.1) is 5.82 Å². The SMILES string of the molecule is Cn1c(=O)ccc2ncc(F)c(CCCNC[C@@H]3CN(c4ccc5c(n4)NC(=O)CO5)C(=O)O3)c21. The molecule has 0 aromatic carbocycles. The predicted octanol–water partition coefficient (Wildman–Crippen LogP) is 1.35. The molecule has 0 bridgehead atoms. The molecule has 2 aliphatic heterocycles. The summed E-state index contributed by atoms with van der Waals surface area (Å²) in [6.45, 7) is 1.18. The number of anilines is 2. The highest BCUT2D eigenvalue weighted by Crippen LogP contribution is 2.30. The monoisotopic (exact) mass is 482 g/mol. The van der Waals surface area contributed by atoms with Gasteiger partial charge in [0.05, 0.1) is 23.8 Å². The van der Waals surface area contributed by atoms with Crippen LogP contribution < -0.4 is 25.8 Å². The maximum absolute atomic E-state index is 14.5. The number of carbonyl (C=O) groups is 2. The lowest BCUT2D eigenvalue weighted by Crippen LogP contribution is -2.32. The topological polar surface area (TPSA) is 128 Å². The summed E-state index contributed by atoms with van der Waals surface area (Å²) in [5.41, 5.74) is 1.29. The fourth-order valence-electron chi connectivity index (χ4n) is 4.21. The molecule has 5 heterocycles. The minimum absolute atomic E-state index is 0.0737. The largest absolute Gasteiger partial charge is 0.480 e. The van der Waals surface area contributed by atoms with Gasteiger partial charge in [0.2, 0.25) is 0 Å². The van der Waals surface area contributed by atoms with Gasteiger partial charge in [-0.15, -0.1) is 0 Å². The number of aromatic nitrogens is 3. The van der Waals surface area contributed by atoms with Crippen molar-refractivity contribution in [3.63, 3.8) is 0 Å². The predicted molar refractivity (Wildman–Crippen MR) is 124 cm³/mol. The number of halogens is 1. The molecule has 1 atom stereocenters. The molecule has 3 aromatic rings. The summed E-state index contributed by atoms with van der Waals surface area (Å²) in [5, 5.41) is 5.85. The fraction of sp³-hybridized carbons (Fsp3) is 0.348. The second kappa shape index (κ2) is 9.29. The molecule has 0 aliphatic carbocycles. The van der Waals surface area contributed by atoms with Gasteiger partial charge in [-0.1, -0.05) is 0 Å². The zero-order chi connectivity index (χ0) is 24.5. The highest BCUT2D eigenvalue weighted by atomic mass is 19.1. The van der Waals surface area contributed by atoms with Crippen molar-refractivity contribution in [2.75, 3.05) is 36.5 Å². The third-order valence-electron chi connectivity index (χ3n) is 5.95. The number of amides is 2. The molecule has 11 nitrogen and oxygen atoms in total. The minimum Gasteiger partial charge on any atom is -0.480 e. The number of aryl methyl sites for hydroxylation is 2. The van der Waals surface area contributed by atoms with E-state index in [1.165, 1.54) is 21.7 Å². The van der Waals surface area contributed by atoms with Gasteiger partial charge in [0, 0.05) is 25.2 Å². The van der Waals surface area contributed by atoms with Crippen LogP contribution in [0.25, 0.3) is 11.0 Å². The molecule has 12 heteroatoms. The summed E-state index contributed by atoms with van der Waals surface area (Å²) >= 11 is 0. The molecule has 3 aromatic heterocycles. The van der Waals surface area contributed by atoms with Crippen LogP contribution in [0.5, 0.6) is 5.75 Å². The van der Waals surface area contributed by atoms with Crippen molar-refractivity contribution in [3.05, 3.63) is 52.2 Å². The van der Waals surface area contributed by atoms with Crippen molar-refractivity contribution in [1.82, 2.24) is 19.9 Å². The number of carbonyl (C=O) groups excluding carboxylic acids is 2. The van der Waals surface area contributed by atoms with Crippen LogP contribution in [0.1, 0.15) is 12.0 Å². The molecule has 182 valence electrons. The number of nitrogens with one attached hydrogen (secondary N) is 2. The first kappa shape index (κ1) is 22.7. The third kappa shape index (κ3) is 4.52. The maximum atomic E-state index is 14.5. The van der Waals surface area contributed by atoms with Crippen LogP contribution in [0.15, 0.2) is 35.3 Å². The quantitative estimate of drug-likeness (QED) is 0.483. The average molecular weight is 482 g/mol. The lowest BCUT2D eigenvalue weighted by Gasteiger charge is -2.19. The van der Waals surface area contributed by atoms with Gasteiger partial charge in [-0.3, -0.25) is 19.5 Å². The van der Waals surface area contributed by atoms with E-state index in [-0.39, 0.29) is 30.4 Å². The molecule has 0 spiro atoms. The highest BCUT2D eigenvalue weighted by Gasteiger charge is 2.33. The number of hydrogen-bond donors (Lipinski definition) is 2. The van der Waals surface area contributed by atoms with Gasteiger partial charge in [-0.05, 0) is 37.6 Å². The Morgan fingerprint density at radius 2 is 2.09 bits per heavy atom. The van der Waals surface area contributed by atoms with Gasteiger partial charge >= 0.3 is 6.09 Å². The number of hydrogen-bond acceptors (Lipinski definition) is 8. The molecule has 1 saturated heterocycles. The Morgan fingerprint density at radius 1 is 1.23 bits per heavy atom. The van der Waals surface area contributed by atoms with E-state index in [1.807, 2.05) is 0 Å². The molecule has 0 radical (unpaired) electrons. The smallest absolute Gasteiger partial charge is 0.416 e. The molecule has 2 N–H and O–H groups in total. The number of rotatable bonds is 7. The molecule has 1 fully saturated rings. The summed E-state index contributed by atoms with van der Waals surface area (Å²) < 4.78 is 26.6. The number of nitrogens with zero attached hydrogens (tertiary/aromatic N) is 4. The number of fused-ring (bicyclic) bond motifs is 2. The zero-order valence-corrected chi connectivity index (χ0v) is 18.9. The summed E-state index contributed by atoms with van der Waals surface area (Å²) in [6.07, 6.45) is 1.27. The first-order chi connectivity index (χ1) is 16.9. The van der Waals surface area contributed by atoms with E-state index in [9.17, 15) is 18.8 Å². The minimum atomic E-state index is -0.529. The van der Waals surface area contributed by atoms with Gasteiger partial charge in [-0.2, -0.15) is 0 Å². The van der Waals surface area contributed by atoms with Crippen LogP contribution in [-0.2, 0) is 23.0 Å². The Bertz CT molecular complexity index is 1380. The Balaban J connectivity index is 1.15. The molecule has 0 unspecified atom stereocenters. The third-order valence-corrected chi connectivity index (χ3v) is 5.95. The molecular weight excluding hydrogens is 459 g/mol. The van der Waals surface area contributed by atoms with Gasteiger partial charge < -0.3 is 24.7 Å². The standard InChI is InChI=1S/C23H23FN6O5/c1-29-20(32)7-4-16-21(29)14(15(24)10-26-16)3-2-8-25-9-13-11-30(23(33)35-13)18-6-5-17-22(27-18)28-19(31)12-34-17/h4-7,10,13,25H,2-3,8-9,11-12H2,1H3,(H,27,28,31)/t13-/m1/s1. The maximum Gasteiger partial charge on any atom is 0.416 e. The van der Waals surface area contributed by atoms with Crippen molar-refractivity contribution >= 4 is 34.7 Å².